The van der Waals surface area contributed by atoms with Crippen molar-refractivity contribution in [3.05, 3.63) is 0 Å². The zero-order chi connectivity index (χ0) is 12.2. The van der Waals surface area contributed by atoms with Crippen LogP contribution in [-0.4, -0.2) is 41.5 Å². The molecule has 5 atom stereocenters. The van der Waals surface area contributed by atoms with Gasteiger partial charge < -0.3 is 9.84 Å². The van der Waals surface area contributed by atoms with Crippen LogP contribution in [0, 0.1) is 11.3 Å². The lowest BCUT2D eigenvalue weighted by Crippen LogP contribution is -2.66. The van der Waals surface area contributed by atoms with Gasteiger partial charge in [0.2, 0.25) is 0 Å². The highest BCUT2D eigenvalue weighted by Gasteiger charge is 2.57. The van der Waals surface area contributed by atoms with E-state index in [9.17, 15) is 5.11 Å². The van der Waals surface area contributed by atoms with Crippen molar-refractivity contribution >= 4 is 0 Å². The van der Waals surface area contributed by atoms with Crippen LogP contribution in [0.15, 0.2) is 0 Å². The SMILES string of the molecule is O[C@H]1CC[C@@]23CCC[C@@H]([C@H]4CCCCN4C2)[C@@H]3O1. The average molecular weight is 251 g/mol. The van der Waals surface area contributed by atoms with Crippen LogP contribution in [-0.2, 0) is 4.74 Å². The van der Waals surface area contributed by atoms with Crippen molar-refractivity contribution in [1.82, 2.24) is 4.90 Å². The fraction of sp³-hybridized carbons (Fsp3) is 1.00. The third-order valence-electron chi connectivity index (χ3n) is 6.07. The molecule has 3 saturated heterocycles. The van der Waals surface area contributed by atoms with Crippen LogP contribution in [0.4, 0.5) is 0 Å². The molecule has 0 aromatic carbocycles. The van der Waals surface area contributed by atoms with E-state index in [1.165, 1.54) is 58.0 Å². The molecule has 18 heavy (non-hydrogen) atoms. The van der Waals surface area contributed by atoms with E-state index in [1.54, 1.807) is 0 Å². The van der Waals surface area contributed by atoms with Gasteiger partial charge in [0.25, 0.3) is 0 Å². The van der Waals surface area contributed by atoms with Gasteiger partial charge in [-0.05, 0) is 45.1 Å². The maximum atomic E-state index is 9.86. The summed E-state index contributed by atoms with van der Waals surface area (Å²) in [6.07, 6.45) is 10.0. The van der Waals surface area contributed by atoms with Crippen molar-refractivity contribution in [3.8, 4) is 0 Å². The Kier molecular flexibility index (Phi) is 2.72. The minimum absolute atomic E-state index is 0.356. The van der Waals surface area contributed by atoms with E-state index in [0.29, 0.717) is 17.4 Å². The second-order valence-corrected chi connectivity index (χ2v) is 7.00. The van der Waals surface area contributed by atoms with Gasteiger partial charge >= 0.3 is 0 Å². The molecular weight excluding hydrogens is 226 g/mol. The lowest BCUT2D eigenvalue weighted by molar-refractivity contribution is -0.269. The molecule has 0 radical (unpaired) electrons. The van der Waals surface area contributed by atoms with Gasteiger partial charge in [0.05, 0.1) is 6.10 Å². The summed E-state index contributed by atoms with van der Waals surface area (Å²) < 4.78 is 6.03. The van der Waals surface area contributed by atoms with Crippen molar-refractivity contribution in [2.24, 2.45) is 11.3 Å². The predicted molar refractivity (Wildman–Crippen MR) is 69.1 cm³/mol. The Labute approximate surface area is 109 Å². The molecule has 0 aromatic heterocycles. The second kappa shape index (κ2) is 4.19. The molecule has 0 amide bonds. The van der Waals surface area contributed by atoms with Crippen molar-refractivity contribution in [2.45, 2.75) is 69.8 Å². The second-order valence-electron chi connectivity index (χ2n) is 7.00. The van der Waals surface area contributed by atoms with Crippen molar-refractivity contribution in [1.29, 1.82) is 0 Å². The Morgan fingerprint density at radius 1 is 1.06 bits per heavy atom. The maximum absolute atomic E-state index is 9.86. The Morgan fingerprint density at radius 3 is 2.94 bits per heavy atom. The molecule has 0 unspecified atom stereocenters. The Morgan fingerprint density at radius 2 is 2.00 bits per heavy atom. The smallest absolute Gasteiger partial charge is 0.154 e. The molecule has 1 aliphatic carbocycles. The molecule has 0 aromatic rings. The number of rotatable bonds is 0. The molecule has 3 heteroatoms. The van der Waals surface area contributed by atoms with E-state index >= 15 is 0 Å². The lowest BCUT2D eigenvalue weighted by atomic mass is 9.58. The third-order valence-corrected chi connectivity index (χ3v) is 6.07. The van der Waals surface area contributed by atoms with Crippen molar-refractivity contribution in [3.63, 3.8) is 0 Å². The number of hydrogen-bond donors (Lipinski definition) is 1. The van der Waals surface area contributed by atoms with Gasteiger partial charge in [-0.25, -0.2) is 0 Å². The first kappa shape index (κ1) is 11.7. The fourth-order valence-corrected chi connectivity index (χ4v) is 5.34. The van der Waals surface area contributed by atoms with Crippen LogP contribution in [0.1, 0.15) is 51.4 Å². The highest BCUT2D eigenvalue weighted by atomic mass is 16.6. The zero-order valence-electron chi connectivity index (χ0n) is 11.2. The molecule has 102 valence electrons. The minimum atomic E-state index is -0.487. The van der Waals surface area contributed by atoms with E-state index in [1.807, 2.05) is 0 Å². The molecule has 4 fully saturated rings. The van der Waals surface area contributed by atoms with E-state index in [2.05, 4.69) is 4.90 Å². The maximum Gasteiger partial charge on any atom is 0.154 e. The summed E-state index contributed by atoms with van der Waals surface area (Å²) in [6.45, 7) is 2.55. The van der Waals surface area contributed by atoms with Gasteiger partial charge in [0.1, 0.15) is 0 Å². The molecule has 3 aliphatic heterocycles. The monoisotopic (exact) mass is 251 g/mol. The first-order chi connectivity index (χ1) is 8.78. The summed E-state index contributed by atoms with van der Waals surface area (Å²) in [5, 5.41) is 9.86. The standard InChI is InChI=1S/C15H25NO2/c17-13-6-8-15-7-3-4-11(14(15)18-13)12-5-1-2-9-16(12)10-15/h11-14,17H,1-10H2/t11-,12+,13+,14-,15-/m0/s1. The van der Waals surface area contributed by atoms with E-state index in [4.69, 9.17) is 4.74 Å². The molecule has 1 saturated carbocycles. The van der Waals surface area contributed by atoms with Crippen LogP contribution < -0.4 is 0 Å². The Bertz CT molecular complexity index is 334. The number of nitrogens with zero attached hydrogens (tertiary/aromatic N) is 1. The Hall–Kier alpha value is -0.120. The number of fused-ring (bicyclic) bond motifs is 2. The molecule has 3 nitrogen and oxygen atoms in total. The van der Waals surface area contributed by atoms with E-state index in [-0.39, 0.29) is 0 Å². The van der Waals surface area contributed by atoms with Gasteiger partial charge in [-0.2, -0.15) is 0 Å². The summed E-state index contributed by atoms with van der Waals surface area (Å²) in [6, 6.07) is 0.752. The molecule has 1 N–H and O–H groups in total. The first-order valence-electron chi connectivity index (χ1n) is 7.86. The predicted octanol–water partition coefficient (Wildman–Crippen LogP) is 2.14. The quantitative estimate of drug-likeness (QED) is 0.716. The molecule has 2 bridgehead atoms. The van der Waals surface area contributed by atoms with Gasteiger partial charge in [0, 0.05) is 23.9 Å². The number of ether oxygens (including phenoxy) is 1. The first-order valence-corrected chi connectivity index (χ1v) is 7.86. The van der Waals surface area contributed by atoms with E-state index in [0.717, 1.165) is 12.5 Å². The van der Waals surface area contributed by atoms with Crippen LogP contribution in [0.3, 0.4) is 0 Å². The number of aliphatic hydroxyl groups excluding tert-OH is 1. The van der Waals surface area contributed by atoms with Crippen LogP contribution >= 0.6 is 0 Å². The summed E-state index contributed by atoms with van der Waals surface area (Å²) in [7, 11) is 0. The van der Waals surface area contributed by atoms with Crippen LogP contribution in [0.5, 0.6) is 0 Å². The van der Waals surface area contributed by atoms with Crippen LogP contribution in [0.2, 0.25) is 0 Å². The summed E-state index contributed by atoms with van der Waals surface area (Å²) >= 11 is 0. The van der Waals surface area contributed by atoms with Crippen molar-refractivity contribution < 1.29 is 9.84 Å². The summed E-state index contributed by atoms with van der Waals surface area (Å²) in [4.78, 5) is 2.77. The number of hydrogen-bond acceptors (Lipinski definition) is 3. The van der Waals surface area contributed by atoms with Crippen LogP contribution in [0.25, 0.3) is 0 Å². The summed E-state index contributed by atoms with van der Waals surface area (Å²) in [5.41, 5.74) is 0.385. The molecule has 4 aliphatic rings. The van der Waals surface area contributed by atoms with Gasteiger partial charge in [-0.1, -0.05) is 12.8 Å². The molecule has 4 rings (SSSR count). The topological polar surface area (TPSA) is 32.7 Å². The minimum Gasteiger partial charge on any atom is -0.368 e. The molecular formula is C15H25NO2. The highest BCUT2D eigenvalue weighted by molar-refractivity contribution is 5.07. The normalized spacial score (nSPS) is 52.5. The zero-order valence-corrected chi connectivity index (χ0v) is 11.2. The highest BCUT2D eigenvalue weighted by Crippen LogP contribution is 2.54. The molecule has 3 heterocycles. The number of piperidine rings is 2. The molecule has 0 spiro atoms. The largest absolute Gasteiger partial charge is 0.368 e. The third kappa shape index (κ3) is 1.60. The van der Waals surface area contributed by atoms with Gasteiger partial charge in [-0.15, -0.1) is 0 Å². The van der Waals surface area contributed by atoms with Gasteiger partial charge in [0.15, 0.2) is 6.29 Å². The van der Waals surface area contributed by atoms with Crippen molar-refractivity contribution in [2.75, 3.05) is 13.1 Å². The fourth-order valence-electron chi connectivity index (χ4n) is 5.34. The summed E-state index contributed by atoms with van der Waals surface area (Å²) in [5.74, 6) is 0.697. The van der Waals surface area contributed by atoms with E-state index < -0.39 is 6.29 Å². The number of aliphatic hydroxyl groups is 1. The lowest BCUT2D eigenvalue weighted by Gasteiger charge is -2.61. The average Bonchev–Trinajstić information content (AvgIpc) is 2.38. The Balaban J connectivity index is 1.67. The van der Waals surface area contributed by atoms with Gasteiger partial charge in [-0.3, -0.25) is 4.90 Å².